The van der Waals surface area contributed by atoms with E-state index in [4.69, 9.17) is 4.74 Å². The van der Waals surface area contributed by atoms with E-state index in [0.717, 1.165) is 0 Å². The van der Waals surface area contributed by atoms with Crippen molar-refractivity contribution in [2.75, 3.05) is 13.7 Å². The summed E-state index contributed by atoms with van der Waals surface area (Å²) in [5, 5.41) is 3.18. The minimum atomic E-state index is -0.437. The second kappa shape index (κ2) is 7.00. The molecule has 112 valence electrons. The van der Waals surface area contributed by atoms with E-state index in [2.05, 4.69) is 21.2 Å². The average Bonchev–Trinajstić information content (AvgIpc) is 2.48. The summed E-state index contributed by atoms with van der Waals surface area (Å²) in [6, 6.07) is 9.29. The van der Waals surface area contributed by atoms with Gasteiger partial charge in [-0.3, -0.25) is 0 Å². The fraction of sp³-hybridized carbons (Fsp3) is 0.250. The summed E-state index contributed by atoms with van der Waals surface area (Å²) in [5.41, 5.74) is 1.09. The van der Waals surface area contributed by atoms with E-state index in [1.807, 2.05) is 6.92 Å². The first kappa shape index (κ1) is 15.9. The van der Waals surface area contributed by atoms with Gasteiger partial charge in [-0.2, -0.15) is 0 Å². The molecule has 0 aliphatic carbocycles. The Kier molecular flexibility index (Phi) is 5.31. The van der Waals surface area contributed by atoms with Crippen LogP contribution in [0.25, 0.3) is 0 Å². The normalized spacial score (nSPS) is 12.2. The summed E-state index contributed by atoms with van der Waals surface area (Å²) in [7, 11) is 1.42. The number of nitrogens with one attached hydrogen (secondary N) is 1. The van der Waals surface area contributed by atoms with E-state index < -0.39 is 11.9 Å². The number of hydrogen-bond acceptors (Lipinski definition) is 2. The molecule has 1 N–H and O–H groups in total. The summed E-state index contributed by atoms with van der Waals surface area (Å²) < 4.78 is 33.6. The third kappa shape index (κ3) is 3.41. The molecule has 2 aromatic rings. The molecule has 0 fully saturated rings. The molecular formula is C16H16BrF2NO. The lowest BCUT2D eigenvalue weighted by Gasteiger charge is -2.20. The summed E-state index contributed by atoms with van der Waals surface area (Å²) in [4.78, 5) is 0. The quantitative estimate of drug-likeness (QED) is 0.856. The molecule has 0 bridgehead atoms. The maximum Gasteiger partial charge on any atom is 0.170 e. The molecule has 0 aliphatic heterocycles. The van der Waals surface area contributed by atoms with E-state index in [0.29, 0.717) is 22.1 Å². The van der Waals surface area contributed by atoms with Gasteiger partial charge < -0.3 is 10.1 Å². The van der Waals surface area contributed by atoms with Gasteiger partial charge in [0.1, 0.15) is 5.82 Å². The molecule has 2 rings (SSSR count). The monoisotopic (exact) mass is 355 g/mol. The van der Waals surface area contributed by atoms with Gasteiger partial charge in [-0.15, -0.1) is 0 Å². The highest BCUT2D eigenvalue weighted by Crippen LogP contribution is 2.30. The Bertz CT molecular complexity index is 634. The molecule has 0 radical (unpaired) electrons. The SMILES string of the molecule is CCNC(c1ccc(Br)c(F)c1)c1cccc(OC)c1F. The van der Waals surface area contributed by atoms with Gasteiger partial charge in [-0.05, 0) is 46.2 Å². The first-order valence-corrected chi connectivity index (χ1v) is 7.38. The standard InChI is InChI=1S/C16H16BrF2NO/c1-3-20-16(10-7-8-12(17)13(18)9-10)11-5-4-6-14(21-2)15(11)19/h4-9,16,20H,3H2,1-2H3. The zero-order valence-corrected chi connectivity index (χ0v) is 13.4. The molecule has 0 spiro atoms. The van der Waals surface area contributed by atoms with Crippen molar-refractivity contribution in [3.8, 4) is 5.75 Å². The third-order valence-corrected chi connectivity index (χ3v) is 3.85. The van der Waals surface area contributed by atoms with Gasteiger partial charge in [0.2, 0.25) is 0 Å². The highest BCUT2D eigenvalue weighted by molar-refractivity contribution is 9.10. The number of methoxy groups -OCH3 is 1. The molecule has 1 atom stereocenters. The van der Waals surface area contributed by atoms with Crippen molar-refractivity contribution in [3.05, 3.63) is 63.6 Å². The Balaban J connectivity index is 2.50. The molecule has 0 amide bonds. The molecule has 0 aromatic heterocycles. The van der Waals surface area contributed by atoms with Crippen molar-refractivity contribution in [3.63, 3.8) is 0 Å². The van der Waals surface area contributed by atoms with Crippen LogP contribution in [0.3, 0.4) is 0 Å². The molecule has 2 aromatic carbocycles. The van der Waals surface area contributed by atoms with Gasteiger partial charge >= 0.3 is 0 Å². The second-order valence-corrected chi connectivity index (χ2v) is 5.38. The maximum absolute atomic E-state index is 14.4. The Morgan fingerprint density at radius 1 is 1.24 bits per heavy atom. The fourth-order valence-electron chi connectivity index (χ4n) is 2.21. The minimum Gasteiger partial charge on any atom is -0.494 e. The molecule has 5 heteroatoms. The number of halogens is 3. The van der Waals surface area contributed by atoms with Crippen LogP contribution in [0.5, 0.6) is 5.75 Å². The van der Waals surface area contributed by atoms with Gasteiger partial charge in [-0.25, -0.2) is 8.78 Å². The minimum absolute atomic E-state index is 0.174. The van der Waals surface area contributed by atoms with Gasteiger partial charge in [-0.1, -0.05) is 25.1 Å². The van der Waals surface area contributed by atoms with E-state index in [9.17, 15) is 8.78 Å². The van der Waals surface area contributed by atoms with E-state index in [-0.39, 0.29) is 11.6 Å². The summed E-state index contributed by atoms with van der Waals surface area (Å²) in [6.07, 6.45) is 0. The van der Waals surface area contributed by atoms with Crippen LogP contribution in [-0.4, -0.2) is 13.7 Å². The van der Waals surface area contributed by atoms with Crippen molar-refractivity contribution < 1.29 is 13.5 Å². The predicted molar refractivity (Wildman–Crippen MR) is 82.6 cm³/mol. The summed E-state index contributed by atoms with van der Waals surface area (Å²) in [5.74, 6) is -0.638. The van der Waals surface area contributed by atoms with Crippen molar-refractivity contribution in [2.24, 2.45) is 0 Å². The lowest BCUT2D eigenvalue weighted by molar-refractivity contribution is 0.381. The second-order valence-electron chi connectivity index (χ2n) is 4.53. The number of benzene rings is 2. The molecule has 0 aliphatic rings. The molecule has 0 saturated carbocycles. The molecule has 21 heavy (non-hydrogen) atoms. The van der Waals surface area contributed by atoms with Crippen molar-refractivity contribution in [1.29, 1.82) is 0 Å². The number of ether oxygens (including phenoxy) is 1. The summed E-state index contributed by atoms with van der Waals surface area (Å²) in [6.45, 7) is 2.54. The summed E-state index contributed by atoms with van der Waals surface area (Å²) >= 11 is 3.12. The van der Waals surface area contributed by atoms with Crippen LogP contribution in [0, 0.1) is 11.6 Å². The molecule has 0 saturated heterocycles. The first-order valence-electron chi connectivity index (χ1n) is 6.59. The van der Waals surface area contributed by atoms with Crippen LogP contribution in [0.2, 0.25) is 0 Å². The van der Waals surface area contributed by atoms with Crippen molar-refractivity contribution >= 4 is 15.9 Å². The highest BCUT2D eigenvalue weighted by Gasteiger charge is 2.20. The van der Waals surface area contributed by atoms with Crippen LogP contribution in [0.4, 0.5) is 8.78 Å². The Labute approximate surface area is 131 Å². The number of hydrogen-bond donors (Lipinski definition) is 1. The maximum atomic E-state index is 14.4. The van der Waals surface area contributed by atoms with Crippen LogP contribution in [0.15, 0.2) is 40.9 Å². The largest absolute Gasteiger partial charge is 0.494 e. The molecule has 0 heterocycles. The molecule has 2 nitrogen and oxygen atoms in total. The van der Waals surface area contributed by atoms with Crippen LogP contribution in [-0.2, 0) is 0 Å². The smallest absolute Gasteiger partial charge is 0.170 e. The zero-order valence-electron chi connectivity index (χ0n) is 11.8. The Morgan fingerprint density at radius 2 is 2.00 bits per heavy atom. The van der Waals surface area contributed by atoms with Crippen LogP contribution >= 0.6 is 15.9 Å². The molecular weight excluding hydrogens is 340 g/mol. The Hall–Kier alpha value is -1.46. The van der Waals surface area contributed by atoms with Crippen LogP contribution < -0.4 is 10.1 Å². The zero-order chi connectivity index (χ0) is 15.4. The van der Waals surface area contributed by atoms with E-state index in [1.165, 1.54) is 13.2 Å². The fourth-order valence-corrected chi connectivity index (χ4v) is 2.46. The van der Waals surface area contributed by atoms with Gasteiger partial charge in [0.15, 0.2) is 11.6 Å². The lowest BCUT2D eigenvalue weighted by Crippen LogP contribution is -2.23. The average molecular weight is 356 g/mol. The van der Waals surface area contributed by atoms with Gasteiger partial charge in [0.25, 0.3) is 0 Å². The van der Waals surface area contributed by atoms with E-state index in [1.54, 1.807) is 30.3 Å². The van der Waals surface area contributed by atoms with Crippen LogP contribution in [0.1, 0.15) is 24.1 Å². The van der Waals surface area contributed by atoms with Crippen molar-refractivity contribution in [1.82, 2.24) is 5.32 Å². The lowest BCUT2D eigenvalue weighted by atomic mass is 9.97. The first-order chi connectivity index (χ1) is 10.1. The third-order valence-electron chi connectivity index (χ3n) is 3.21. The van der Waals surface area contributed by atoms with Gasteiger partial charge in [0.05, 0.1) is 17.6 Å². The van der Waals surface area contributed by atoms with Gasteiger partial charge in [0, 0.05) is 5.56 Å². The Morgan fingerprint density at radius 3 is 2.62 bits per heavy atom. The highest BCUT2D eigenvalue weighted by atomic mass is 79.9. The number of rotatable bonds is 5. The van der Waals surface area contributed by atoms with Crippen molar-refractivity contribution in [2.45, 2.75) is 13.0 Å². The predicted octanol–water partition coefficient (Wildman–Crippen LogP) is 4.43. The molecule has 1 unspecified atom stereocenters. The topological polar surface area (TPSA) is 21.3 Å². The van der Waals surface area contributed by atoms with E-state index >= 15 is 0 Å².